The number of hydrogen-bond acceptors (Lipinski definition) is 6. The van der Waals surface area contributed by atoms with Gasteiger partial charge >= 0.3 is 0 Å². The van der Waals surface area contributed by atoms with Crippen LogP contribution in [0.15, 0.2) is 72.8 Å². The lowest BCUT2D eigenvalue weighted by atomic mass is 10.0. The molecule has 0 bridgehead atoms. The van der Waals surface area contributed by atoms with Crippen molar-refractivity contribution in [1.29, 1.82) is 0 Å². The first-order valence-electron chi connectivity index (χ1n) is 14.5. The number of rotatable bonds is 13. The molecule has 0 saturated heterocycles. The Morgan fingerprint density at radius 2 is 1.60 bits per heavy atom. The van der Waals surface area contributed by atoms with Gasteiger partial charge in [-0.15, -0.1) is 0 Å². The average Bonchev–Trinajstić information content (AvgIpc) is 3.51. The zero-order valence-electron chi connectivity index (χ0n) is 25.3. The van der Waals surface area contributed by atoms with Crippen LogP contribution in [0.2, 0.25) is 0 Å². The first-order chi connectivity index (χ1) is 20.6. The van der Waals surface area contributed by atoms with Gasteiger partial charge in [0.25, 0.3) is 0 Å². The Kier molecular flexibility index (Phi) is 10.7. The number of carbonyl (C=O) groups excluding carboxylic acids is 2. The van der Waals surface area contributed by atoms with Crippen LogP contribution in [0.5, 0.6) is 11.5 Å². The van der Waals surface area contributed by atoms with Crippen molar-refractivity contribution in [2.45, 2.75) is 57.7 Å². The van der Waals surface area contributed by atoms with E-state index < -0.39 is 28.5 Å². The molecular formula is C33H41N3O6S. The van der Waals surface area contributed by atoms with Crippen LogP contribution in [0.1, 0.15) is 42.4 Å². The summed E-state index contributed by atoms with van der Waals surface area (Å²) in [5, 5.41) is 3.18. The highest BCUT2D eigenvalue weighted by Gasteiger charge is 2.35. The van der Waals surface area contributed by atoms with Gasteiger partial charge < -0.3 is 19.7 Å². The van der Waals surface area contributed by atoms with Crippen molar-refractivity contribution >= 4 is 27.5 Å². The van der Waals surface area contributed by atoms with E-state index >= 15 is 0 Å². The second kappa shape index (κ2) is 14.4. The Morgan fingerprint density at radius 3 is 2.21 bits per heavy atom. The molecule has 0 aliphatic heterocycles. The molecule has 0 unspecified atom stereocenters. The fraction of sp³-hybridized carbons (Fsp3) is 0.394. The number of nitrogens with zero attached hydrogens (tertiary/aromatic N) is 2. The Balaban J connectivity index is 1.74. The Labute approximate surface area is 254 Å². The van der Waals surface area contributed by atoms with Crippen molar-refractivity contribution in [3.8, 4) is 11.5 Å². The zero-order valence-corrected chi connectivity index (χ0v) is 26.1. The smallest absolute Gasteiger partial charge is 0.244 e. The number of aryl methyl sites for hydroxylation is 1. The largest absolute Gasteiger partial charge is 0.497 e. The summed E-state index contributed by atoms with van der Waals surface area (Å²) in [6.45, 7) is 1.59. The molecule has 2 amide bonds. The lowest BCUT2D eigenvalue weighted by Crippen LogP contribution is -2.54. The summed E-state index contributed by atoms with van der Waals surface area (Å²) in [5.74, 6) is -0.0362. The highest BCUT2D eigenvalue weighted by atomic mass is 32.2. The molecule has 1 saturated carbocycles. The number of anilines is 1. The van der Waals surface area contributed by atoms with E-state index in [2.05, 4.69) is 5.32 Å². The highest BCUT2D eigenvalue weighted by molar-refractivity contribution is 7.92. The van der Waals surface area contributed by atoms with Crippen LogP contribution in [0, 0.1) is 6.92 Å². The molecule has 9 nitrogen and oxygen atoms in total. The summed E-state index contributed by atoms with van der Waals surface area (Å²) >= 11 is 0. The van der Waals surface area contributed by atoms with Gasteiger partial charge in [0, 0.05) is 25.1 Å². The first-order valence-corrected chi connectivity index (χ1v) is 16.3. The van der Waals surface area contributed by atoms with Gasteiger partial charge in [-0.25, -0.2) is 8.42 Å². The molecule has 0 aromatic heterocycles. The molecule has 4 rings (SSSR count). The van der Waals surface area contributed by atoms with E-state index in [1.54, 1.807) is 18.2 Å². The normalized spacial score (nSPS) is 14.1. The number of sulfonamides is 1. The summed E-state index contributed by atoms with van der Waals surface area (Å²) in [7, 11) is -1.01. The fourth-order valence-corrected chi connectivity index (χ4v) is 6.25. The molecule has 1 aliphatic rings. The monoisotopic (exact) mass is 607 g/mol. The van der Waals surface area contributed by atoms with E-state index in [1.165, 1.54) is 19.1 Å². The van der Waals surface area contributed by atoms with Crippen LogP contribution >= 0.6 is 0 Å². The van der Waals surface area contributed by atoms with E-state index in [1.807, 2.05) is 61.5 Å². The maximum atomic E-state index is 14.3. The minimum atomic E-state index is -3.94. The summed E-state index contributed by atoms with van der Waals surface area (Å²) in [6.07, 6.45) is 5.22. The van der Waals surface area contributed by atoms with Gasteiger partial charge in [0.05, 0.1) is 26.2 Å². The van der Waals surface area contributed by atoms with Crippen LogP contribution in [0.3, 0.4) is 0 Å². The summed E-state index contributed by atoms with van der Waals surface area (Å²) in [4.78, 5) is 29.8. The number of methoxy groups -OCH3 is 2. The summed E-state index contributed by atoms with van der Waals surface area (Å²) in [6, 6.07) is 21.2. The maximum Gasteiger partial charge on any atom is 0.244 e. The molecule has 1 fully saturated rings. The minimum absolute atomic E-state index is 0.0539. The predicted molar refractivity (Wildman–Crippen MR) is 168 cm³/mol. The van der Waals surface area contributed by atoms with Crippen molar-refractivity contribution < 1.29 is 27.5 Å². The molecule has 3 aromatic carbocycles. The third-order valence-corrected chi connectivity index (χ3v) is 8.91. The van der Waals surface area contributed by atoms with E-state index in [9.17, 15) is 18.0 Å². The van der Waals surface area contributed by atoms with E-state index in [0.29, 0.717) is 5.75 Å². The van der Waals surface area contributed by atoms with Crippen LogP contribution in [0.25, 0.3) is 0 Å². The number of hydrogen-bond donors (Lipinski definition) is 1. The number of ether oxygens (including phenoxy) is 2. The maximum absolute atomic E-state index is 14.3. The Bertz CT molecular complexity index is 1490. The molecular weight excluding hydrogens is 566 g/mol. The fourth-order valence-electron chi connectivity index (χ4n) is 5.40. The number of nitrogens with one attached hydrogen (secondary N) is 1. The summed E-state index contributed by atoms with van der Waals surface area (Å²) in [5.41, 5.74) is 2.99. The molecule has 0 spiro atoms. The van der Waals surface area contributed by atoms with Gasteiger partial charge in [-0.3, -0.25) is 13.9 Å². The molecule has 0 heterocycles. The average molecular weight is 608 g/mol. The van der Waals surface area contributed by atoms with Gasteiger partial charge in [-0.1, -0.05) is 73.0 Å². The lowest BCUT2D eigenvalue weighted by Gasteiger charge is -2.34. The van der Waals surface area contributed by atoms with Crippen molar-refractivity contribution in [1.82, 2.24) is 10.2 Å². The number of carbonyl (C=O) groups is 2. The molecule has 10 heteroatoms. The Morgan fingerprint density at radius 1 is 0.930 bits per heavy atom. The quantitative estimate of drug-likeness (QED) is 0.307. The second-order valence-corrected chi connectivity index (χ2v) is 12.9. The molecule has 1 aliphatic carbocycles. The third-order valence-electron chi connectivity index (χ3n) is 7.78. The standard InChI is InChI=1S/C33H41N3O6S/c1-24-14-16-26(17-15-24)22-35(30(20-25-10-6-5-7-11-25)33(38)34-27-12-8-9-13-27)32(37)23-36(43(4,39)40)29-19-18-28(41-2)21-31(29)42-3/h5-7,10-11,14-19,21,27,30H,8-9,12-13,20,22-23H2,1-4H3,(H,34,38)/t30-/m0/s1. The SMILES string of the molecule is COc1ccc(N(CC(=O)N(Cc2ccc(C)cc2)[C@@H](Cc2ccccc2)C(=O)NC2CCCC2)S(C)(=O)=O)c(OC)c1. The van der Waals surface area contributed by atoms with Crippen LogP contribution < -0.4 is 19.1 Å². The van der Waals surface area contributed by atoms with E-state index in [-0.39, 0.29) is 36.4 Å². The molecule has 3 aromatic rings. The second-order valence-electron chi connectivity index (χ2n) is 11.0. The highest BCUT2D eigenvalue weighted by Crippen LogP contribution is 2.34. The molecule has 230 valence electrons. The van der Waals surface area contributed by atoms with Gasteiger partial charge in [0.2, 0.25) is 21.8 Å². The van der Waals surface area contributed by atoms with Crippen molar-refractivity contribution in [3.63, 3.8) is 0 Å². The molecule has 43 heavy (non-hydrogen) atoms. The molecule has 0 radical (unpaired) electrons. The molecule has 1 atom stereocenters. The first kappa shape index (κ1) is 31.9. The predicted octanol–water partition coefficient (Wildman–Crippen LogP) is 4.48. The number of amides is 2. The lowest BCUT2D eigenvalue weighted by molar-refractivity contribution is -0.140. The topological polar surface area (TPSA) is 105 Å². The van der Waals surface area contributed by atoms with Gasteiger partial charge in [-0.2, -0.15) is 0 Å². The van der Waals surface area contributed by atoms with Gasteiger partial charge in [0.1, 0.15) is 24.1 Å². The van der Waals surface area contributed by atoms with Crippen LogP contribution in [-0.2, 0) is 32.6 Å². The van der Waals surface area contributed by atoms with E-state index in [0.717, 1.165) is 52.9 Å². The van der Waals surface area contributed by atoms with E-state index in [4.69, 9.17) is 9.47 Å². The zero-order chi connectivity index (χ0) is 31.0. The summed E-state index contributed by atoms with van der Waals surface area (Å²) < 4.78 is 38.0. The molecule has 1 N–H and O–H groups in total. The number of benzene rings is 3. The van der Waals surface area contributed by atoms with Crippen molar-refractivity contribution in [3.05, 3.63) is 89.5 Å². The minimum Gasteiger partial charge on any atom is -0.497 e. The van der Waals surface area contributed by atoms with Gasteiger partial charge in [0.15, 0.2) is 0 Å². The van der Waals surface area contributed by atoms with Crippen molar-refractivity contribution in [2.75, 3.05) is 31.3 Å². The Hall–Kier alpha value is -4.05. The van der Waals surface area contributed by atoms with Crippen LogP contribution in [0.4, 0.5) is 5.69 Å². The third kappa shape index (κ3) is 8.50. The van der Waals surface area contributed by atoms with Gasteiger partial charge in [-0.05, 0) is 43.0 Å². The van der Waals surface area contributed by atoms with Crippen LogP contribution in [-0.4, -0.2) is 64.2 Å². The van der Waals surface area contributed by atoms with Crippen molar-refractivity contribution in [2.24, 2.45) is 0 Å².